The van der Waals surface area contributed by atoms with E-state index in [2.05, 4.69) is 17.4 Å². The van der Waals surface area contributed by atoms with E-state index in [1.165, 1.54) is 18.4 Å². The minimum absolute atomic E-state index is 0.168. The molecule has 0 bridgehead atoms. The lowest BCUT2D eigenvalue weighted by molar-refractivity contribution is 0.141. The fourth-order valence-corrected chi connectivity index (χ4v) is 2.41. The fraction of sp³-hybridized carbons (Fsp3) is 0.571. The van der Waals surface area contributed by atoms with E-state index in [0.717, 1.165) is 18.7 Å². The molecule has 0 saturated heterocycles. The molecule has 1 heterocycles. The Hall–Kier alpha value is -1.06. The quantitative estimate of drug-likeness (QED) is 0.806. The van der Waals surface area contributed by atoms with E-state index in [1.807, 2.05) is 12.1 Å². The van der Waals surface area contributed by atoms with Crippen molar-refractivity contribution < 1.29 is 9.84 Å². The third kappa shape index (κ3) is 2.61. The Morgan fingerprint density at radius 3 is 2.94 bits per heavy atom. The Morgan fingerprint density at radius 1 is 1.35 bits per heavy atom. The van der Waals surface area contributed by atoms with Gasteiger partial charge < -0.3 is 15.2 Å². The maximum absolute atomic E-state index is 9.73. The van der Waals surface area contributed by atoms with Crippen LogP contribution in [0.25, 0.3) is 0 Å². The third-order valence-electron chi connectivity index (χ3n) is 3.61. The van der Waals surface area contributed by atoms with Crippen LogP contribution in [0.2, 0.25) is 0 Å². The SMILES string of the molecule is OC(CNCC1Cc2ccccc2O1)C1CC1. The second-order valence-corrected chi connectivity index (χ2v) is 5.11. The largest absolute Gasteiger partial charge is 0.488 e. The van der Waals surface area contributed by atoms with Gasteiger partial charge in [0.2, 0.25) is 0 Å². The zero-order chi connectivity index (χ0) is 11.7. The van der Waals surface area contributed by atoms with E-state index >= 15 is 0 Å². The van der Waals surface area contributed by atoms with Gasteiger partial charge in [-0.1, -0.05) is 18.2 Å². The van der Waals surface area contributed by atoms with Crippen molar-refractivity contribution in [3.8, 4) is 5.75 Å². The molecule has 2 N–H and O–H groups in total. The first kappa shape index (κ1) is 11.1. The van der Waals surface area contributed by atoms with Crippen molar-refractivity contribution in [1.82, 2.24) is 5.32 Å². The smallest absolute Gasteiger partial charge is 0.123 e. The second kappa shape index (κ2) is 4.67. The summed E-state index contributed by atoms with van der Waals surface area (Å²) in [6, 6.07) is 8.20. The number of para-hydroxylation sites is 1. The molecule has 2 atom stereocenters. The molecule has 2 aliphatic rings. The lowest BCUT2D eigenvalue weighted by atomic mass is 10.1. The maximum Gasteiger partial charge on any atom is 0.123 e. The van der Waals surface area contributed by atoms with Crippen molar-refractivity contribution in [2.24, 2.45) is 5.92 Å². The first-order valence-corrected chi connectivity index (χ1v) is 6.46. The van der Waals surface area contributed by atoms with Crippen molar-refractivity contribution in [3.63, 3.8) is 0 Å². The Labute approximate surface area is 102 Å². The number of nitrogens with one attached hydrogen (secondary N) is 1. The first-order valence-electron chi connectivity index (χ1n) is 6.46. The zero-order valence-corrected chi connectivity index (χ0v) is 9.93. The number of hydrogen-bond acceptors (Lipinski definition) is 3. The van der Waals surface area contributed by atoms with Gasteiger partial charge in [-0.15, -0.1) is 0 Å². The summed E-state index contributed by atoms with van der Waals surface area (Å²) in [5, 5.41) is 13.0. The number of hydrogen-bond donors (Lipinski definition) is 2. The van der Waals surface area contributed by atoms with Gasteiger partial charge in [-0.2, -0.15) is 0 Å². The van der Waals surface area contributed by atoms with Crippen LogP contribution in [0, 0.1) is 5.92 Å². The van der Waals surface area contributed by atoms with Crippen molar-refractivity contribution >= 4 is 0 Å². The summed E-state index contributed by atoms with van der Waals surface area (Å²) in [5.74, 6) is 1.56. The van der Waals surface area contributed by atoms with Crippen LogP contribution in [-0.4, -0.2) is 30.4 Å². The summed E-state index contributed by atoms with van der Waals surface area (Å²) in [5.41, 5.74) is 1.29. The van der Waals surface area contributed by atoms with Gasteiger partial charge in [-0.25, -0.2) is 0 Å². The average Bonchev–Trinajstić information content (AvgIpc) is 3.09. The van der Waals surface area contributed by atoms with Gasteiger partial charge in [0.1, 0.15) is 11.9 Å². The average molecular weight is 233 g/mol. The van der Waals surface area contributed by atoms with Crippen LogP contribution in [0.1, 0.15) is 18.4 Å². The number of rotatable bonds is 5. The Balaban J connectivity index is 1.43. The highest BCUT2D eigenvalue weighted by molar-refractivity contribution is 5.37. The molecular weight excluding hydrogens is 214 g/mol. The van der Waals surface area contributed by atoms with Crippen LogP contribution in [0.3, 0.4) is 0 Å². The number of ether oxygens (including phenoxy) is 1. The van der Waals surface area contributed by atoms with E-state index in [-0.39, 0.29) is 12.2 Å². The monoisotopic (exact) mass is 233 g/mol. The normalized spacial score (nSPS) is 24.2. The maximum atomic E-state index is 9.73. The van der Waals surface area contributed by atoms with Gasteiger partial charge >= 0.3 is 0 Å². The topological polar surface area (TPSA) is 41.5 Å². The summed E-state index contributed by atoms with van der Waals surface area (Å²) >= 11 is 0. The molecule has 3 rings (SSSR count). The van der Waals surface area contributed by atoms with E-state index < -0.39 is 0 Å². The second-order valence-electron chi connectivity index (χ2n) is 5.11. The van der Waals surface area contributed by atoms with Gasteiger partial charge in [-0.05, 0) is 30.4 Å². The van der Waals surface area contributed by atoms with Crippen LogP contribution in [0.15, 0.2) is 24.3 Å². The molecule has 17 heavy (non-hydrogen) atoms. The molecule has 0 aromatic heterocycles. The molecular formula is C14H19NO2. The molecule has 1 saturated carbocycles. The van der Waals surface area contributed by atoms with Crippen LogP contribution in [0.5, 0.6) is 5.75 Å². The van der Waals surface area contributed by atoms with Gasteiger partial charge in [0.15, 0.2) is 0 Å². The number of aliphatic hydroxyl groups is 1. The highest BCUT2D eigenvalue weighted by Gasteiger charge is 2.29. The predicted octanol–water partition coefficient (Wildman–Crippen LogP) is 1.35. The molecule has 1 fully saturated rings. The Bertz CT molecular complexity index is 365. The molecule has 1 aliphatic carbocycles. The van der Waals surface area contributed by atoms with Gasteiger partial charge in [0.05, 0.1) is 6.10 Å². The van der Waals surface area contributed by atoms with E-state index in [4.69, 9.17) is 4.74 Å². The van der Waals surface area contributed by atoms with E-state index in [9.17, 15) is 5.11 Å². The standard InChI is InChI=1S/C14H19NO2/c16-13(10-5-6-10)9-15-8-12-7-11-3-1-2-4-14(11)17-12/h1-4,10,12-13,15-16H,5-9H2. The molecule has 3 nitrogen and oxygen atoms in total. The molecule has 1 aliphatic heterocycles. The van der Waals surface area contributed by atoms with Gasteiger partial charge in [0, 0.05) is 19.5 Å². The summed E-state index contributed by atoms with van der Waals surface area (Å²) in [6.07, 6.45) is 3.41. The van der Waals surface area contributed by atoms with Crippen molar-refractivity contribution in [2.45, 2.75) is 31.5 Å². The lowest BCUT2D eigenvalue weighted by Gasteiger charge is -2.14. The van der Waals surface area contributed by atoms with E-state index in [1.54, 1.807) is 0 Å². The van der Waals surface area contributed by atoms with Crippen molar-refractivity contribution in [1.29, 1.82) is 0 Å². The summed E-state index contributed by atoms with van der Waals surface area (Å²) in [6.45, 7) is 1.51. The summed E-state index contributed by atoms with van der Waals surface area (Å²) in [7, 11) is 0. The molecule has 1 aromatic rings. The molecule has 1 aromatic carbocycles. The minimum Gasteiger partial charge on any atom is -0.488 e. The summed E-state index contributed by atoms with van der Waals surface area (Å²) < 4.78 is 5.82. The third-order valence-corrected chi connectivity index (χ3v) is 3.61. The van der Waals surface area contributed by atoms with Crippen LogP contribution >= 0.6 is 0 Å². The number of benzene rings is 1. The van der Waals surface area contributed by atoms with Crippen LogP contribution in [0.4, 0.5) is 0 Å². The fourth-order valence-electron chi connectivity index (χ4n) is 2.41. The number of aliphatic hydroxyl groups excluding tert-OH is 1. The Morgan fingerprint density at radius 2 is 2.18 bits per heavy atom. The molecule has 92 valence electrons. The van der Waals surface area contributed by atoms with Gasteiger partial charge in [-0.3, -0.25) is 0 Å². The van der Waals surface area contributed by atoms with Crippen molar-refractivity contribution in [3.05, 3.63) is 29.8 Å². The molecule has 0 amide bonds. The van der Waals surface area contributed by atoms with Crippen molar-refractivity contribution in [2.75, 3.05) is 13.1 Å². The molecule has 0 radical (unpaired) electrons. The predicted molar refractivity (Wildman–Crippen MR) is 66.2 cm³/mol. The first-order chi connectivity index (χ1) is 8.33. The molecule has 2 unspecified atom stereocenters. The highest BCUT2D eigenvalue weighted by atomic mass is 16.5. The minimum atomic E-state index is -0.168. The number of fused-ring (bicyclic) bond motifs is 1. The highest BCUT2D eigenvalue weighted by Crippen LogP contribution is 2.32. The molecule has 0 spiro atoms. The lowest BCUT2D eigenvalue weighted by Crippen LogP contribution is -2.35. The van der Waals surface area contributed by atoms with E-state index in [0.29, 0.717) is 12.5 Å². The van der Waals surface area contributed by atoms with Crippen LogP contribution < -0.4 is 10.1 Å². The molecule has 3 heteroatoms. The summed E-state index contributed by atoms with van der Waals surface area (Å²) in [4.78, 5) is 0. The Kier molecular flexibility index (Phi) is 3.04. The van der Waals surface area contributed by atoms with Crippen LogP contribution in [-0.2, 0) is 6.42 Å². The van der Waals surface area contributed by atoms with Gasteiger partial charge in [0.25, 0.3) is 0 Å². The zero-order valence-electron chi connectivity index (χ0n) is 9.93.